The molecule has 0 saturated heterocycles. The molecule has 0 amide bonds. The molecule has 1 aliphatic rings. The molecule has 0 aromatic heterocycles. The van der Waals surface area contributed by atoms with Gasteiger partial charge in [-0.2, -0.15) is 0 Å². The minimum absolute atomic E-state index is 0.0649. The summed E-state index contributed by atoms with van der Waals surface area (Å²) in [6.45, 7) is 5.84. The van der Waals surface area contributed by atoms with Gasteiger partial charge in [0.1, 0.15) is 5.60 Å². The standard InChI is InChI=1S/C14H18O2/c1-9(2)11-8-13(15)14(3,16)12-7-5-4-6-10(11)12/h4-7,9,11,16H,8H2,1-3H3. The van der Waals surface area contributed by atoms with E-state index in [4.69, 9.17) is 0 Å². The van der Waals surface area contributed by atoms with Crippen molar-refractivity contribution in [2.45, 2.75) is 38.7 Å². The molecule has 16 heavy (non-hydrogen) atoms. The molecule has 1 aromatic rings. The Labute approximate surface area is 96.3 Å². The van der Waals surface area contributed by atoms with Crippen LogP contribution in [0.25, 0.3) is 0 Å². The number of hydrogen-bond donors (Lipinski definition) is 1. The molecular weight excluding hydrogens is 200 g/mol. The van der Waals surface area contributed by atoms with Gasteiger partial charge in [-0.05, 0) is 29.9 Å². The lowest BCUT2D eigenvalue weighted by Gasteiger charge is -2.36. The Morgan fingerprint density at radius 2 is 2.00 bits per heavy atom. The van der Waals surface area contributed by atoms with Gasteiger partial charge in [0, 0.05) is 6.42 Å². The van der Waals surface area contributed by atoms with Gasteiger partial charge in [-0.1, -0.05) is 38.1 Å². The summed E-state index contributed by atoms with van der Waals surface area (Å²) in [6.07, 6.45) is 0.446. The van der Waals surface area contributed by atoms with E-state index < -0.39 is 5.60 Å². The number of carbonyl (C=O) groups is 1. The van der Waals surface area contributed by atoms with E-state index in [0.29, 0.717) is 12.3 Å². The molecule has 0 fully saturated rings. The van der Waals surface area contributed by atoms with Crippen LogP contribution in [0, 0.1) is 5.92 Å². The largest absolute Gasteiger partial charge is 0.378 e. The van der Waals surface area contributed by atoms with E-state index in [0.717, 1.165) is 11.1 Å². The van der Waals surface area contributed by atoms with Crippen LogP contribution in [0.4, 0.5) is 0 Å². The molecular formula is C14H18O2. The van der Waals surface area contributed by atoms with E-state index >= 15 is 0 Å². The number of ketones is 1. The maximum absolute atomic E-state index is 11.9. The highest BCUT2D eigenvalue weighted by atomic mass is 16.3. The second kappa shape index (κ2) is 3.70. The van der Waals surface area contributed by atoms with Crippen LogP contribution in [0.1, 0.15) is 44.2 Å². The summed E-state index contributed by atoms with van der Waals surface area (Å²) in [6, 6.07) is 7.74. The summed E-state index contributed by atoms with van der Waals surface area (Å²) in [5.41, 5.74) is 0.606. The van der Waals surface area contributed by atoms with E-state index in [2.05, 4.69) is 13.8 Å². The van der Waals surface area contributed by atoms with Gasteiger partial charge in [-0.3, -0.25) is 4.79 Å². The van der Waals surface area contributed by atoms with Crippen molar-refractivity contribution in [1.82, 2.24) is 0 Å². The summed E-state index contributed by atoms with van der Waals surface area (Å²) in [5.74, 6) is 0.593. The van der Waals surface area contributed by atoms with Crippen LogP contribution in [0.3, 0.4) is 0 Å². The molecule has 1 aromatic carbocycles. The van der Waals surface area contributed by atoms with Crippen molar-refractivity contribution < 1.29 is 9.90 Å². The van der Waals surface area contributed by atoms with Crippen molar-refractivity contribution in [2.24, 2.45) is 5.92 Å². The Balaban J connectivity index is 2.58. The van der Waals surface area contributed by atoms with Crippen LogP contribution in [0.2, 0.25) is 0 Å². The molecule has 0 radical (unpaired) electrons. The smallest absolute Gasteiger partial charge is 0.169 e. The van der Waals surface area contributed by atoms with E-state index in [9.17, 15) is 9.90 Å². The molecule has 0 aliphatic heterocycles. The van der Waals surface area contributed by atoms with E-state index in [1.807, 2.05) is 24.3 Å². The minimum Gasteiger partial charge on any atom is -0.378 e. The molecule has 2 heteroatoms. The minimum atomic E-state index is -1.30. The van der Waals surface area contributed by atoms with Crippen LogP contribution in [0.5, 0.6) is 0 Å². The van der Waals surface area contributed by atoms with Gasteiger partial charge in [-0.15, -0.1) is 0 Å². The third-order valence-electron chi connectivity index (χ3n) is 3.64. The Morgan fingerprint density at radius 3 is 2.62 bits per heavy atom. The first-order valence-electron chi connectivity index (χ1n) is 5.79. The molecule has 0 saturated carbocycles. The molecule has 2 atom stereocenters. The van der Waals surface area contributed by atoms with Gasteiger partial charge in [0.2, 0.25) is 0 Å². The third-order valence-corrected chi connectivity index (χ3v) is 3.64. The Hall–Kier alpha value is -1.15. The quantitative estimate of drug-likeness (QED) is 0.786. The SMILES string of the molecule is CC(C)C1CC(=O)C(C)(O)c2ccccc21. The van der Waals surface area contributed by atoms with Crippen molar-refractivity contribution in [2.75, 3.05) is 0 Å². The molecule has 2 rings (SSSR count). The average molecular weight is 218 g/mol. The van der Waals surface area contributed by atoms with Gasteiger partial charge in [0.05, 0.1) is 0 Å². The summed E-state index contributed by atoms with van der Waals surface area (Å²) in [4.78, 5) is 11.9. The maximum atomic E-state index is 11.9. The number of carbonyl (C=O) groups excluding carboxylic acids is 1. The zero-order chi connectivity index (χ0) is 11.9. The molecule has 0 bridgehead atoms. The van der Waals surface area contributed by atoms with Crippen molar-refractivity contribution >= 4 is 5.78 Å². The summed E-state index contributed by atoms with van der Waals surface area (Å²) < 4.78 is 0. The number of benzene rings is 1. The summed E-state index contributed by atoms with van der Waals surface area (Å²) in [5, 5.41) is 10.2. The number of fused-ring (bicyclic) bond motifs is 1. The van der Waals surface area contributed by atoms with E-state index in [1.54, 1.807) is 6.92 Å². The highest BCUT2D eigenvalue weighted by molar-refractivity contribution is 5.90. The molecule has 0 spiro atoms. The van der Waals surface area contributed by atoms with Crippen molar-refractivity contribution in [3.63, 3.8) is 0 Å². The van der Waals surface area contributed by atoms with Gasteiger partial charge >= 0.3 is 0 Å². The first-order valence-corrected chi connectivity index (χ1v) is 5.79. The predicted octanol–water partition coefficient (Wildman–Crippen LogP) is 2.61. The highest BCUT2D eigenvalue weighted by Gasteiger charge is 2.41. The van der Waals surface area contributed by atoms with Crippen LogP contribution in [-0.2, 0) is 10.4 Å². The predicted molar refractivity (Wildman–Crippen MR) is 63.2 cm³/mol. The monoisotopic (exact) mass is 218 g/mol. The number of aliphatic hydroxyl groups is 1. The van der Waals surface area contributed by atoms with Gasteiger partial charge in [-0.25, -0.2) is 0 Å². The Bertz CT molecular complexity index is 418. The molecule has 86 valence electrons. The lowest BCUT2D eigenvalue weighted by Crippen LogP contribution is -2.39. The van der Waals surface area contributed by atoms with Crippen LogP contribution in [-0.4, -0.2) is 10.9 Å². The van der Waals surface area contributed by atoms with Gasteiger partial charge in [0.25, 0.3) is 0 Å². The first kappa shape index (κ1) is 11.3. The molecule has 2 nitrogen and oxygen atoms in total. The normalized spacial score (nSPS) is 29.3. The van der Waals surface area contributed by atoms with Gasteiger partial charge in [0.15, 0.2) is 5.78 Å². The second-order valence-electron chi connectivity index (χ2n) is 5.14. The number of hydrogen-bond acceptors (Lipinski definition) is 2. The zero-order valence-corrected chi connectivity index (χ0v) is 10.0. The molecule has 2 unspecified atom stereocenters. The van der Waals surface area contributed by atoms with E-state index in [1.165, 1.54) is 0 Å². The van der Waals surface area contributed by atoms with Crippen LogP contribution < -0.4 is 0 Å². The molecule has 1 aliphatic carbocycles. The van der Waals surface area contributed by atoms with Crippen LogP contribution >= 0.6 is 0 Å². The fourth-order valence-corrected chi connectivity index (χ4v) is 2.52. The molecule has 1 N–H and O–H groups in total. The van der Waals surface area contributed by atoms with Crippen molar-refractivity contribution in [3.8, 4) is 0 Å². The Morgan fingerprint density at radius 1 is 1.38 bits per heavy atom. The fourth-order valence-electron chi connectivity index (χ4n) is 2.52. The van der Waals surface area contributed by atoms with Crippen molar-refractivity contribution in [3.05, 3.63) is 35.4 Å². The van der Waals surface area contributed by atoms with Crippen molar-refractivity contribution in [1.29, 1.82) is 0 Å². The van der Waals surface area contributed by atoms with Crippen LogP contribution in [0.15, 0.2) is 24.3 Å². The lowest BCUT2D eigenvalue weighted by molar-refractivity contribution is -0.138. The number of rotatable bonds is 1. The van der Waals surface area contributed by atoms with Gasteiger partial charge < -0.3 is 5.11 Å². The highest BCUT2D eigenvalue weighted by Crippen LogP contribution is 2.41. The average Bonchev–Trinajstić information content (AvgIpc) is 2.23. The second-order valence-corrected chi connectivity index (χ2v) is 5.14. The number of Topliss-reactive ketones (excluding diaryl/α,β-unsaturated/α-hetero) is 1. The lowest BCUT2D eigenvalue weighted by atomic mass is 9.70. The third kappa shape index (κ3) is 1.57. The zero-order valence-electron chi connectivity index (χ0n) is 10.0. The molecule has 0 heterocycles. The summed E-state index contributed by atoms with van der Waals surface area (Å²) in [7, 11) is 0. The maximum Gasteiger partial charge on any atom is 0.169 e. The fraction of sp³-hybridized carbons (Fsp3) is 0.500. The topological polar surface area (TPSA) is 37.3 Å². The summed E-state index contributed by atoms with van der Waals surface area (Å²) >= 11 is 0. The first-order chi connectivity index (χ1) is 7.44. The van der Waals surface area contributed by atoms with E-state index in [-0.39, 0.29) is 11.7 Å². The Kier molecular flexibility index (Phi) is 2.62.